The zero-order chi connectivity index (χ0) is 19.0. The molecule has 4 rings (SSSR count). The van der Waals surface area contributed by atoms with Gasteiger partial charge < -0.3 is 9.80 Å². The Morgan fingerprint density at radius 1 is 1.15 bits per heavy atom. The molecule has 1 aliphatic carbocycles. The summed E-state index contributed by atoms with van der Waals surface area (Å²) in [7, 11) is 0. The lowest BCUT2D eigenvalue weighted by molar-refractivity contribution is -0.145. The summed E-state index contributed by atoms with van der Waals surface area (Å²) in [6.45, 7) is 7.55. The Bertz CT molecular complexity index is 708. The van der Waals surface area contributed by atoms with Crippen molar-refractivity contribution in [2.24, 2.45) is 17.3 Å². The molecule has 4 heteroatoms. The maximum Gasteiger partial charge on any atom is 0.253 e. The summed E-state index contributed by atoms with van der Waals surface area (Å²) in [6, 6.07) is 8.05. The van der Waals surface area contributed by atoms with Gasteiger partial charge >= 0.3 is 0 Å². The minimum Gasteiger partial charge on any atom is -0.342 e. The van der Waals surface area contributed by atoms with Gasteiger partial charge in [0.15, 0.2) is 0 Å². The van der Waals surface area contributed by atoms with Crippen LogP contribution in [-0.2, 0) is 11.2 Å². The molecule has 0 N–H and O–H groups in total. The van der Waals surface area contributed by atoms with E-state index in [-0.39, 0.29) is 11.3 Å². The molecule has 0 unspecified atom stereocenters. The second kappa shape index (κ2) is 7.29. The van der Waals surface area contributed by atoms with Crippen molar-refractivity contribution in [3.05, 3.63) is 35.4 Å². The molecule has 1 spiro atoms. The summed E-state index contributed by atoms with van der Waals surface area (Å²) in [5.74, 6) is 1.73. The Labute approximate surface area is 162 Å². The topological polar surface area (TPSA) is 40.6 Å². The van der Waals surface area contributed by atoms with Gasteiger partial charge in [-0.15, -0.1) is 0 Å². The van der Waals surface area contributed by atoms with Gasteiger partial charge in [-0.1, -0.05) is 26.0 Å². The largest absolute Gasteiger partial charge is 0.342 e. The second-order valence-corrected chi connectivity index (χ2v) is 9.35. The Morgan fingerprint density at radius 3 is 2.56 bits per heavy atom. The van der Waals surface area contributed by atoms with Gasteiger partial charge in [0.2, 0.25) is 5.91 Å². The highest BCUT2D eigenvalue weighted by atomic mass is 16.2. The summed E-state index contributed by atoms with van der Waals surface area (Å²) in [5.41, 5.74) is 1.70. The van der Waals surface area contributed by atoms with E-state index in [4.69, 9.17) is 0 Å². The first kappa shape index (κ1) is 18.5. The lowest BCUT2D eigenvalue weighted by atomic mass is 9.78. The summed E-state index contributed by atoms with van der Waals surface area (Å²) >= 11 is 0. The average Bonchev–Trinajstić information content (AvgIpc) is 3.36. The van der Waals surface area contributed by atoms with E-state index < -0.39 is 0 Å². The van der Waals surface area contributed by atoms with Crippen LogP contribution in [0.15, 0.2) is 24.3 Å². The Balaban J connectivity index is 1.42. The van der Waals surface area contributed by atoms with Crippen LogP contribution < -0.4 is 0 Å². The van der Waals surface area contributed by atoms with E-state index in [9.17, 15) is 9.59 Å². The molecule has 146 valence electrons. The van der Waals surface area contributed by atoms with E-state index in [1.54, 1.807) is 0 Å². The van der Waals surface area contributed by atoms with Gasteiger partial charge in [-0.25, -0.2) is 0 Å². The summed E-state index contributed by atoms with van der Waals surface area (Å²) in [5, 5.41) is 0. The van der Waals surface area contributed by atoms with Crippen molar-refractivity contribution in [2.45, 2.75) is 52.4 Å². The van der Waals surface area contributed by atoms with E-state index in [0.29, 0.717) is 24.9 Å². The average molecular weight is 369 g/mol. The van der Waals surface area contributed by atoms with Crippen LogP contribution in [0, 0.1) is 17.3 Å². The van der Waals surface area contributed by atoms with Crippen molar-refractivity contribution in [2.75, 3.05) is 26.2 Å². The Morgan fingerprint density at radius 2 is 1.89 bits per heavy atom. The first-order chi connectivity index (χ1) is 13.0. The molecular formula is C23H32N2O2. The normalized spacial score (nSPS) is 25.7. The molecule has 2 aliphatic heterocycles. The molecule has 3 aliphatic rings. The predicted molar refractivity (Wildman–Crippen MR) is 106 cm³/mol. The lowest BCUT2D eigenvalue weighted by Gasteiger charge is -2.39. The van der Waals surface area contributed by atoms with Crippen LogP contribution in [0.2, 0.25) is 0 Å². The number of piperidine rings is 1. The molecule has 27 heavy (non-hydrogen) atoms. The van der Waals surface area contributed by atoms with Crippen LogP contribution in [0.25, 0.3) is 0 Å². The zero-order valence-electron chi connectivity index (χ0n) is 16.7. The van der Waals surface area contributed by atoms with Crippen molar-refractivity contribution < 1.29 is 9.59 Å². The smallest absolute Gasteiger partial charge is 0.253 e. The maximum absolute atomic E-state index is 13.2. The van der Waals surface area contributed by atoms with Crippen molar-refractivity contribution in [1.82, 2.24) is 9.80 Å². The van der Waals surface area contributed by atoms with Gasteiger partial charge in [0, 0.05) is 31.7 Å². The molecule has 0 bridgehead atoms. The molecule has 0 aromatic heterocycles. The summed E-state index contributed by atoms with van der Waals surface area (Å²) in [4.78, 5) is 30.1. The van der Waals surface area contributed by atoms with Crippen molar-refractivity contribution in [3.63, 3.8) is 0 Å². The number of rotatable bonds is 5. The molecule has 4 nitrogen and oxygen atoms in total. The van der Waals surface area contributed by atoms with Crippen molar-refractivity contribution in [3.8, 4) is 0 Å². The van der Waals surface area contributed by atoms with Gasteiger partial charge in [-0.2, -0.15) is 0 Å². The highest BCUT2D eigenvalue weighted by molar-refractivity contribution is 5.95. The van der Waals surface area contributed by atoms with E-state index >= 15 is 0 Å². The molecule has 1 atom stereocenters. The quantitative estimate of drug-likeness (QED) is 0.794. The maximum atomic E-state index is 13.2. The van der Waals surface area contributed by atoms with Gasteiger partial charge in [0.25, 0.3) is 5.91 Å². The summed E-state index contributed by atoms with van der Waals surface area (Å²) < 4.78 is 0. The highest BCUT2D eigenvalue weighted by Crippen LogP contribution is 2.42. The second-order valence-electron chi connectivity index (χ2n) is 9.35. The molecule has 1 aromatic rings. The first-order valence-corrected chi connectivity index (χ1v) is 10.6. The minimum atomic E-state index is -0.319. The number of likely N-dealkylation sites (tertiary alicyclic amines) is 2. The van der Waals surface area contributed by atoms with E-state index in [1.807, 2.05) is 17.0 Å². The van der Waals surface area contributed by atoms with Gasteiger partial charge in [-0.05, 0) is 68.1 Å². The number of hydrogen-bond acceptors (Lipinski definition) is 2. The number of amides is 2. The lowest BCUT2D eigenvalue weighted by Crippen LogP contribution is -2.50. The van der Waals surface area contributed by atoms with Gasteiger partial charge in [-0.3, -0.25) is 9.59 Å². The van der Waals surface area contributed by atoms with Crippen LogP contribution in [0.1, 0.15) is 61.9 Å². The summed E-state index contributed by atoms with van der Waals surface area (Å²) in [6.07, 6.45) is 6.41. The molecule has 2 amide bonds. The molecule has 3 fully saturated rings. The molecular weight excluding hydrogens is 336 g/mol. The minimum absolute atomic E-state index is 0.0788. The third-order valence-corrected chi connectivity index (χ3v) is 6.49. The predicted octanol–water partition coefficient (Wildman–Crippen LogP) is 3.75. The molecule has 2 saturated heterocycles. The number of nitrogens with zero attached hydrogens (tertiary/aromatic N) is 2. The SMILES string of the molecule is CC(C)Cc1ccc(C(=O)N2CC[C@@]3(CCCN(CC4CC4)C3=O)C2)cc1. The number of carbonyl (C=O) groups excluding carboxylic acids is 2. The van der Waals surface area contributed by atoms with Crippen LogP contribution in [-0.4, -0.2) is 47.8 Å². The number of benzene rings is 1. The fourth-order valence-corrected chi connectivity index (χ4v) is 4.80. The molecule has 1 aromatic carbocycles. The third-order valence-electron chi connectivity index (χ3n) is 6.49. The number of carbonyl (C=O) groups is 2. The standard InChI is InChI=1S/C23H32N2O2/c1-17(2)14-18-6-8-20(9-7-18)21(26)25-13-11-23(16-25)10-3-12-24(22(23)27)15-19-4-5-19/h6-9,17,19H,3-5,10-16H2,1-2H3/t23-/m0/s1. The Kier molecular flexibility index (Phi) is 5.00. The molecule has 0 radical (unpaired) electrons. The monoisotopic (exact) mass is 368 g/mol. The van der Waals surface area contributed by atoms with E-state index in [0.717, 1.165) is 50.3 Å². The van der Waals surface area contributed by atoms with Gasteiger partial charge in [0.05, 0.1) is 5.41 Å². The fourth-order valence-electron chi connectivity index (χ4n) is 4.80. The Hall–Kier alpha value is -1.84. The van der Waals surface area contributed by atoms with Crippen molar-refractivity contribution in [1.29, 1.82) is 0 Å². The van der Waals surface area contributed by atoms with Crippen LogP contribution >= 0.6 is 0 Å². The van der Waals surface area contributed by atoms with Crippen LogP contribution in [0.3, 0.4) is 0 Å². The molecule has 1 saturated carbocycles. The fraction of sp³-hybridized carbons (Fsp3) is 0.652. The van der Waals surface area contributed by atoms with Crippen LogP contribution in [0.4, 0.5) is 0 Å². The van der Waals surface area contributed by atoms with E-state index in [2.05, 4.69) is 30.9 Å². The molecule has 2 heterocycles. The van der Waals surface area contributed by atoms with Crippen molar-refractivity contribution >= 4 is 11.8 Å². The number of hydrogen-bond donors (Lipinski definition) is 0. The first-order valence-electron chi connectivity index (χ1n) is 10.6. The zero-order valence-corrected chi connectivity index (χ0v) is 16.7. The van der Waals surface area contributed by atoms with E-state index in [1.165, 1.54) is 18.4 Å². The van der Waals surface area contributed by atoms with Crippen LogP contribution in [0.5, 0.6) is 0 Å². The van der Waals surface area contributed by atoms with Gasteiger partial charge in [0.1, 0.15) is 0 Å². The highest BCUT2D eigenvalue weighted by Gasteiger charge is 2.49. The third kappa shape index (κ3) is 3.90.